The van der Waals surface area contributed by atoms with Crippen LogP contribution in [0.15, 0.2) is 0 Å². The standard InChI is InChI=1S/C16H29N2O7P/c1-5-9-23-10-7-15(20)17-8-6-16(21)18-14(11-19)12-24-26(4,22)25-13(2)3/h1,13-14,19H,6-12H2,2-4H3,(H,17,20)(H,18,21). The van der Waals surface area contributed by atoms with Gasteiger partial charge in [-0.2, -0.15) is 0 Å². The number of amides is 2. The summed E-state index contributed by atoms with van der Waals surface area (Å²) in [4.78, 5) is 23.3. The van der Waals surface area contributed by atoms with Crippen LogP contribution in [-0.2, 0) is 27.9 Å². The molecule has 2 amide bonds. The number of rotatable bonds is 14. The number of terminal acetylenes is 1. The summed E-state index contributed by atoms with van der Waals surface area (Å²) in [7, 11) is -3.25. The van der Waals surface area contributed by atoms with Gasteiger partial charge in [0.15, 0.2) is 0 Å². The zero-order valence-electron chi connectivity index (χ0n) is 15.5. The van der Waals surface area contributed by atoms with Crippen molar-refractivity contribution in [3.63, 3.8) is 0 Å². The van der Waals surface area contributed by atoms with Crippen molar-refractivity contribution in [1.82, 2.24) is 10.6 Å². The fourth-order valence-corrected chi connectivity index (χ4v) is 3.06. The molecule has 2 unspecified atom stereocenters. The second kappa shape index (κ2) is 13.7. The molecule has 10 heteroatoms. The highest BCUT2D eigenvalue weighted by atomic mass is 31.2. The maximum absolute atomic E-state index is 12.0. The largest absolute Gasteiger partial charge is 0.394 e. The van der Waals surface area contributed by atoms with Gasteiger partial charge in [-0.25, -0.2) is 0 Å². The van der Waals surface area contributed by atoms with Gasteiger partial charge in [0.25, 0.3) is 0 Å². The van der Waals surface area contributed by atoms with Gasteiger partial charge in [-0.15, -0.1) is 6.42 Å². The molecule has 0 aliphatic carbocycles. The topological polar surface area (TPSA) is 123 Å². The number of aliphatic hydroxyl groups excluding tert-OH is 1. The van der Waals surface area contributed by atoms with Crippen LogP contribution < -0.4 is 10.6 Å². The summed E-state index contributed by atoms with van der Waals surface area (Å²) in [6.07, 6.45) is 4.92. The minimum atomic E-state index is -3.25. The second-order valence-electron chi connectivity index (χ2n) is 5.77. The Kier molecular flexibility index (Phi) is 13.0. The van der Waals surface area contributed by atoms with Crippen molar-refractivity contribution in [2.24, 2.45) is 0 Å². The van der Waals surface area contributed by atoms with E-state index in [1.54, 1.807) is 13.8 Å². The lowest BCUT2D eigenvalue weighted by atomic mass is 10.3. The third-order valence-electron chi connectivity index (χ3n) is 2.83. The lowest BCUT2D eigenvalue weighted by Gasteiger charge is -2.21. The summed E-state index contributed by atoms with van der Waals surface area (Å²) in [5, 5.41) is 14.4. The minimum Gasteiger partial charge on any atom is -0.394 e. The van der Waals surface area contributed by atoms with E-state index in [0.29, 0.717) is 0 Å². The van der Waals surface area contributed by atoms with Gasteiger partial charge in [0.2, 0.25) is 11.8 Å². The predicted octanol–water partition coefficient (Wildman–Crippen LogP) is 0.274. The Labute approximate surface area is 154 Å². The monoisotopic (exact) mass is 392 g/mol. The van der Waals surface area contributed by atoms with Crippen LogP contribution in [-0.4, -0.2) is 68.7 Å². The van der Waals surface area contributed by atoms with Gasteiger partial charge in [0.1, 0.15) is 6.61 Å². The lowest BCUT2D eigenvalue weighted by Crippen LogP contribution is -2.42. The summed E-state index contributed by atoms with van der Waals surface area (Å²) in [6, 6.07) is -0.723. The third kappa shape index (κ3) is 13.8. The van der Waals surface area contributed by atoms with Crippen LogP contribution in [0.25, 0.3) is 0 Å². The van der Waals surface area contributed by atoms with Gasteiger partial charge < -0.3 is 29.5 Å². The van der Waals surface area contributed by atoms with Crippen LogP contribution in [0.3, 0.4) is 0 Å². The first-order chi connectivity index (χ1) is 12.2. The molecular formula is C16H29N2O7P. The quantitative estimate of drug-likeness (QED) is 0.220. The summed E-state index contributed by atoms with van der Waals surface area (Å²) in [5.74, 6) is 1.65. The van der Waals surface area contributed by atoms with Crippen LogP contribution in [0.2, 0.25) is 0 Å². The van der Waals surface area contributed by atoms with E-state index in [1.807, 2.05) is 0 Å². The molecule has 0 aromatic rings. The molecule has 0 rings (SSSR count). The SMILES string of the molecule is C#CCOCCC(=O)NCCC(=O)NC(CO)COP(C)(=O)OC(C)C. The molecule has 0 fully saturated rings. The summed E-state index contributed by atoms with van der Waals surface area (Å²) in [5.41, 5.74) is 0. The number of carbonyl (C=O) groups is 2. The van der Waals surface area contributed by atoms with E-state index in [9.17, 15) is 19.3 Å². The van der Waals surface area contributed by atoms with Crippen LogP contribution in [0, 0.1) is 12.3 Å². The van der Waals surface area contributed by atoms with E-state index in [-0.39, 0.29) is 63.7 Å². The number of aliphatic hydroxyl groups is 1. The molecule has 150 valence electrons. The molecule has 3 N–H and O–H groups in total. The Hall–Kier alpha value is -1.43. The fraction of sp³-hybridized carbons (Fsp3) is 0.750. The molecule has 0 aromatic heterocycles. The highest BCUT2D eigenvalue weighted by Gasteiger charge is 2.22. The Morgan fingerprint density at radius 3 is 2.54 bits per heavy atom. The zero-order valence-corrected chi connectivity index (χ0v) is 16.4. The smallest absolute Gasteiger partial charge is 0.327 e. The molecular weight excluding hydrogens is 363 g/mol. The molecule has 26 heavy (non-hydrogen) atoms. The van der Waals surface area contributed by atoms with Gasteiger partial charge in [0, 0.05) is 19.6 Å². The third-order valence-corrected chi connectivity index (χ3v) is 4.25. The normalized spacial score (nSPS) is 14.3. The number of nitrogens with one attached hydrogen (secondary N) is 2. The minimum absolute atomic E-state index is 0.0275. The summed E-state index contributed by atoms with van der Waals surface area (Å²) < 4.78 is 27.3. The number of carbonyl (C=O) groups excluding carboxylic acids is 2. The average molecular weight is 392 g/mol. The van der Waals surface area contributed by atoms with Crippen molar-refractivity contribution in [3.05, 3.63) is 0 Å². The van der Waals surface area contributed by atoms with Gasteiger partial charge >= 0.3 is 7.60 Å². The van der Waals surface area contributed by atoms with Crippen molar-refractivity contribution in [3.8, 4) is 12.3 Å². The molecule has 9 nitrogen and oxygen atoms in total. The van der Waals surface area contributed by atoms with Crippen molar-refractivity contribution < 1.29 is 33.0 Å². The Morgan fingerprint density at radius 2 is 1.96 bits per heavy atom. The maximum Gasteiger partial charge on any atom is 0.327 e. The summed E-state index contributed by atoms with van der Waals surface area (Å²) in [6.45, 7) is 4.73. The molecule has 0 saturated heterocycles. The van der Waals surface area contributed by atoms with Gasteiger partial charge in [-0.05, 0) is 13.8 Å². The van der Waals surface area contributed by atoms with E-state index >= 15 is 0 Å². The van der Waals surface area contributed by atoms with Gasteiger partial charge in [-0.1, -0.05) is 5.92 Å². The Morgan fingerprint density at radius 1 is 1.27 bits per heavy atom. The van der Waals surface area contributed by atoms with E-state index < -0.39 is 13.6 Å². The number of hydrogen-bond acceptors (Lipinski definition) is 7. The Balaban J connectivity index is 4.03. The first kappa shape index (κ1) is 24.6. The van der Waals surface area contributed by atoms with Crippen LogP contribution >= 0.6 is 7.60 Å². The van der Waals surface area contributed by atoms with Crippen molar-refractivity contribution in [2.45, 2.75) is 38.8 Å². The van der Waals surface area contributed by atoms with E-state index in [0.717, 1.165) is 0 Å². The average Bonchev–Trinajstić information content (AvgIpc) is 2.54. The fourth-order valence-electron chi connectivity index (χ4n) is 1.78. The lowest BCUT2D eigenvalue weighted by molar-refractivity contribution is -0.123. The molecule has 0 saturated carbocycles. The molecule has 0 aliphatic heterocycles. The first-order valence-corrected chi connectivity index (χ1v) is 10.3. The second-order valence-corrected chi connectivity index (χ2v) is 7.79. The highest BCUT2D eigenvalue weighted by Crippen LogP contribution is 2.45. The van der Waals surface area contributed by atoms with E-state index in [1.165, 1.54) is 6.66 Å². The molecule has 0 radical (unpaired) electrons. The maximum atomic E-state index is 12.0. The molecule has 0 aliphatic rings. The Bertz CT molecular complexity index is 519. The van der Waals surface area contributed by atoms with Crippen molar-refractivity contribution in [1.29, 1.82) is 0 Å². The number of ether oxygens (including phenoxy) is 1. The molecule has 0 heterocycles. The molecule has 0 spiro atoms. The van der Waals surface area contributed by atoms with Crippen LogP contribution in [0.5, 0.6) is 0 Å². The molecule has 0 bridgehead atoms. The van der Waals surface area contributed by atoms with Crippen LogP contribution in [0.4, 0.5) is 0 Å². The van der Waals surface area contributed by atoms with Crippen LogP contribution in [0.1, 0.15) is 26.7 Å². The zero-order chi connectivity index (χ0) is 20.0. The van der Waals surface area contributed by atoms with E-state index in [2.05, 4.69) is 16.6 Å². The summed E-state index contributed by atoms with van der Waals surface area (Å²) >= 11 is 0. The first-order valence-electron chi connectivity index (χ1n) is 8.28. The van der Waals surface area contributed by atoms with E-state index in [4.69, 9.17) is 20.2 Å². The molecule has 2 atom stereocenters. The number of hydrogen-bond donors (Lipinski definition) is 3. The van der Waals surface area contributed by atoms with Gasteiger partial charge in [-0.3, -0.25) is 14.2 Å². The van der Waals surface area contributed by atoms with Crippen molar-refractivity contribution >= 4 is 19.4 Å². The van der Waals surface area contributed by atoms with Crippen molar-refractivity contribution in [2.75, 3.05) is 39.6 Å². The predicted molar refractivity (Wildman–Crippen MR) is 96.6 cm³/mol. The highest BCUT2D eigenvalue weighted by molar-refractivity contribution is 7.53. The van der Waals surface area contributed by atoms with Gasteiger partial charge in [0.05, 0.1) is 38.4 Å². The molecule has 0 aromatic carbocycles.